The number of rotatable bonds is 3. The molecule has 98 valence electrons. The second kappa shape index (κ2) is 5.96. The lowest BCUT2D eigenvalue weighted by molar-refractivity contribution is -0.116. The third-order valence-electron chi connectivity index (χ3n) is 2.56. The average Bonchev–Trinajstić information content (AvgIpc) is 2.40. The van der Waals surface area contributed by atoms with Crippen LogP contribution in [-0.4, -0.2) is 15.5 Å². The molecule has 0 fully saturated rings. The van der Waals surface area contributed by atoms with Crippen molar-refractivity contribution in [1.29, 1.82) is 0 Å². The second-order valence-electron chi connectivity index (χ2n) is 3.96. The molecule has 0 saturated carbocycles. The number of benzene rings is 1. The van der Waals surface area contributed by atoms with E-state index in [0.29, 0.717) is 15.1 Å². The summed E-state index contributed by atoms with van der Waals surface area (Å²) in [4.78, 5) is 27.9. The van der Waals surface area contributed by atoms with Gasteiger partial charge in [0.25, 0.3) is 5.56 Å². The molecule has 1 aromatic carbocycles. The molecule has 5 nitrogen and oxygen atoms in total. The molecule has 0 radical (unpaired) electrons. The van der Waals surface area contributed by atoms with Crippen molar-refractivity contribution < 1.29 is 4.79 Å². The van der Waals surface area contributed by atoms with Crippen LogP contribution < -0.4 is 10.9 Å². The first-order valence-corrected chi connectivity index (χ1v) is 6.72. The summed E-state index contributed by atoms with van der Waals surface area (Å²) in [5.74, 6) is 0.272. The Kier molecular flexibility index (Phi) is 4.31. The number of aromatic nitrogens is 2. The monoisotopic (exact) mass is 369 g/mol. The van der Waals surface area contributed by atoms with Crippen LogP contribution in [0.25, 0.3) is 0 Å². The van der Waals surface area contributed by atoms with E-state index in [9.17, 15) is 9.59 Å². The molecule has 1 N–H and O–H groups in total. The highest BCUT2D eigenvalue weighted by atomic mass is 127. The van der Waals surface area contributed by atoms with Crippen molar-refractivity contribution in [1.82, 2.24) is 9.55 Å². The molecule has 0 aliphatic heterocycles. The van der Waals surface area contributed by atoms with Crippen LogP contribution in [0.1, 0.15) is 5.82 Å². The highest BCUT2D eigenvalue weighted by molar-refractivity contribution is 14.1. The van der Waals surface area contributed by atoms with Crippen molar-refractivity contribution in [2.24, 2.45) is 0 Å². The summed E-state index contributed by atoms with van der Waals surface area (Å²) in [5, 5.41) is 2.74. The molecule has 1 heterocycles. The largest absolute Gasteiger partial charge is 0.325 e. The van der Waals surface area contributed by atoms with E-state index >= 15 is 0 Å². The molecule has 0 aliphatic carbocycles. The van der Waals surface area contributed by atoms with E-state index in [0.717, 1.165) is 0 Å². The molecule has 2 aromatic rings. The summed E-state index contributed by atoms with van der Waals surface area (Å²) in [6.45, 7) is 1.66. The van der Waals surface area contributed by atoms with Crippen LogP contribution in [0.15, 0.2) is 41.3 Å². The lowest BCUT2D eigenvalue weighted by Gasteiger charge is -2.09. The molecule has 1 aromatic heterocycles. The minimum Gasteiger partial charge on any atom is -0.325 e. The van der Waals surface area contributed by atoms with Gasteiger partial charge in [-0.1, -0.05) is 18.2 Å². The predicted octanol–water partition coefficient (Wildman–Crippen LogP) is 1.80. The summed E-state index contributed by atoms with van der Waals surface area (Å²) < 4.78 is 1.86. The Morgan fingerprint density at radius 2 is 2.05 bits per heavy atom. The van der Waals surface area contributed by atoms with E-state index in [-0.39, 0.29) is 18.0 Å². The fourth-order valence-electron chi connectivity index (χ4n) is 1.60. The number of para-hydroxylation sites is 1. The van der Waals surface area contributed by atoms with Gasteiger partial charge in [-0.05, 0) is 41.6 Å². The Morgan fingerprint density at radius 1 is 1.37 bits per heavy atom. The van der Waals surface area contributed by atoms with Crippen LogP contribution in [0.2, 0.25) is 0 Å². The van der Waals surface area contributed by atoms with Crippen LogP contribution in [0, 0.1) is 10.5 Å². The minimum atomic E-state index is -0.250. The third kappa shape index (κ3) is 3.40. The Bertz CT molecular complexity index is 653. The van der Waals surface area contributed by atoms with Crippen molar-refractivity contribution in [3.8, 4) is 0 Å². The summed E-state index contributed by atoms with van der Waals surface area (Å²) in [7, 11) is 0. The Labute approximate surface area is 123 Å². The van der Waals surface area contributed by atoms with Gasteiger partial charge < -0.3 is 5.32 Å². The molecule has 0 unspecified atom stereocenters. The van der Waals surface area contributed by atoms with Gasteiger partial charge in [-0.2, -0.15) is 0 Å². The number of amides is 1. The minimum absolute atomic E-state index is 0.0383. The van der Waals surface area contributed by atoms with Crippen molar-refractivity contribution >= 4 is 34.2 Å². The standard InChI is InChI=1S/C13H12IN3O2/c1-9-15-7-11(14)13(19)17(9)8-12(18)16-10-5-3-2-4-6-10/h2-7H,8H2,1H3,(H,16,18). The van der Waals surface area contributed by atoms with Crippen molar-refractivity contribution in [2.45, 2.75) is 13.5 Å². The van der Waals surface area contributed by atoms with E-state index in [1.54, 1.807) is 19.1 Å². The van der Waals surface area contributed by atoms with Gasteiger partial charge in [0.05, 0.1) is 3.57 Å². The zero-order valence-electron chi connectivity index (χ0n) is 10.3. The molecule has 0 bridgehead atoms. The molecular formula is C13H12IN3O2. The van der Waals surface area contributed by atoms with Gasteiger partial charge in [0.2, 0.25) is 5.91 Å². The number of anilines is 1. The third-order valence-corrected chi connectivity index (χ3v) is 3.30. The SMILES string of the molecule is Cc1ncc(I)c(=O)n1CC(=O)Nc1ccccc1. The highest BCUT2D eigenvalue weighted by Gasteiger charge is 2.10. The average molecular weight is 369 g/mol. The number of aryl methyl sites for hydroxylation is 1. The summed E-state index contributed by atoms with van der Waals surface area (Å²) in [6, 6.07) is 9.12. The van der Waals surface area contributed by atoms with E-state index in [1.165, 1.54) is 10.8 Å². The van der Waals surface area contributed by atoms with Crippen LogP contribution in [-0.2, 0) is 11.3 Å². The maximum atomic E-state index is 11.9. The lowest BCUT2D eigenvalue weighted by Crippen LogP contribution is -2.31. The molecule has 0 spiro atoms. The van der Waals surface area contributed by atoms with Gasteiger partial charge in [-0.15, -0.1) is 0 Å². The van der Waals surface area contributed by atoms with Gasteiger partial charge in [-0.3, -0.25) is 14.2 Å². The number of carbonyl (C=O) groups is 1. The highest BCUT2D eigenvalue weighted by Crippen LogP contribution is 2.05. The first-order chi connectivity index (χ1) is 9.08. The quantitative estimate of drug-likeness (QED) is 0.840. The molecule has 6 heteroatoms. The van der Waals surface area contributed by atoms with Gasteiger partial charge in [-0.25, -0.2) is 4.98 Å². The first kappa shape index (κ1) is 13.7. The molecule has 2 rings (SSSR count). The molecule has 0 atom stereocenters. The smallest absolute Gasteiger partial charge is 0.267 e. The van der Waals surface area contributed by atoms with E-state index in [2.05, 4.69) is 10.3 Å². The molecule has 0 saturated heterocycles. The fourth-order valence-corrected chi connectivity index (χ4v) is 2.03. The fraction of sp³-hybridized carbons (Fsp3) is 0.154. The van der Waals surface area contributed by atoms with Gasteiger partial charge in [0.1, 0.15) is 12.4 Å². The molecule has 1 amide bonds. The summed E-state index contributed by atoms with van der Waals surface area (Å²) >= 11 is 1.91. The molecule has 0 aliphatic rings. The van der Waals surface area contributed by atoms with Crippen LogP contribution in [0.3, 0.4) is 0 Å². The normalized spacial score (nSPS) is 10.2. The lowest BCUT2D eigenvalue weighted by atomic mass is 10.3. The Balaban J connectivity index is 2.16. The number of carbonyl (C=O) groups excluding carboxylic acids is 1. The van der Waals surface area contributed by atoms with Gasteiger partial charge in [0.15, 0.2) is 0 Å². The summed E-state index contributed by atoms with van der Waals surface area (Å²) in [6.07, 6.45) is 1.50. The predicted molar refractivity (Wildman–Crippen MR) is 81.0 cm³/mol. The number of hydrogen-bond donors (Lipinski definition) is 1. The number of nitrogens with zero attached hydrogens (tertiary/aromatic N) is 2. The van der Waals surface area contributed by atoms with Crippen molar-refractivity contribution in [2.75, 3.05) is 5.32 Å². The number of hydrogen-bond acceptors (Lipinski definition) is 3. The topological polar surface area (TPSA) is 64.0 Å². The van der Waals surface area contributed by atoms with Gasteiger partial charge >= 0.3 is 0 Å². The van der Waals surface area contributed by atoms with Crippen molar-refractivity contribution in [3.63, 3.8) is 0 Å². The zero-order chi connectivity index (χ0) is 13.8. The van der Waals surface area contributed by atoms with E-state index < -0.39 is 0 Å². The zero-order valence-corrected chi connectivity index (χ0v) is 12.4. The van der Waals surface area contributed by atoms with Gasteiger partial charge in [0, 0.05) is 11.9 Å². The van der Waals surface area contributed by atoms with Crippen molar-refractivity contribution in [3.05, 3.63) is 56.3 Å². The van der Waals surface area contributed by atoms with E-state index in [4.69, 9.17) is 0 Å². The van der Waals surface area contributed by atoms with Crippen LogP contribution >= 0.6 is 22.6 Å². The maximum Gasteiger partial charge on any atom is 0.267 e. The first-order valence-electron chi connectivity index (χ1n) is 5.65. The van der Waals surface area contributed by atoms with Crippen LogP contribution in [0.4, 0.5) is 5.69 Å². The number of halogens is 1. The Morgan fingerprint density at radius 3 is 2.74 bits per heavy atom. The van der Waals surface area contributed by atoms with Crippen LogP contribution in [0.5, 0.6) is 0 Å². The molecule has 19 heavy (non-hydrogen) atoms. The maximum absolute atomic E-state index is 11.9. The summed E-state index contributed by atoms with van der Waals surface area (Å²) in [5.41, 5.74) is 0.508. The van der Waals surface area contributed by atoms with E-state index in [1.807, 2.05) is 40.8 Å². The molecular weight excluding hydrogens is 357 g/mol. The second-order valence-corrected chi connectivity index (χ2v) is 5.12. The number of nitrogens with one attached hydrogen (secondary N) is 1. The Hall–Kier alpha value is -1.70.